The predicted octanol–water partition coefficient (Wildman–Crippen LogP) is 3.85. The molecule has 0 fully saturated rings. The summed E-state index contributed by atoms with van der Waals surface area (Å²) in [7, 11) is -2.03. The zero-order valence-electron chi connectivity index (χ0n) is 15.7. The molecule has 0 saturated heterocycles. The highest BCUT2D eigenvalue weighted by atomic mass is 32.2. The lowest BCUT2D eigenvalue weighted by Gasteiger charge is -2.20. The molecule has 0 bridgehead atoms. The van der Waals surface area contributed by atoms with E-state index in [4.69, 9.17) is 0 Å². The third-order valence-corrected chi connectivity index (χ3v) is 6.86. The first-order chi connectivity index (χ1) is 13.9. The number of fused-ring (bicyclic) bond motifs is 1. The molecule has 4 rings (SSSR count). The van der Waals surface area contributed by atoms with Crippen LogP contribution in [-0.4, -0.2) is 27.9 Å². The summed E-state index contributed by atoms with van der Waals surface area (Å²) in [5.74, 6) is -0.615. The maximum Gasteiger partial charge on any atom is 0.264 e. The lowest BCUT2D eigenvalue weighted by molar-refractivity contribution is 0.0993. The van der Waals surface area contributed by atoms with E-state index in [1.165, 1.54) is 33.5 Å². The van der Waals surface area contributed by atoms with Crippen LogP contribution in [0.25, 0.3) is 0 Å². The Morgan fingerprint density at radius 2 is 1.69 bits per heavy atom. The molecular weight excluding hydrogens is 391 g/mol. The zero-order chi connectivity index (χ0) is 20.6. The second-order valence-corrected chi connectivity index (χ2v) is 8.69. The zero-order valence-corrected chi connectivity index (χ0v) is 16.6. The third kappa shape index (κ3) is 3.49. The smallest absolute Gasteiger partial charge is 0.264 e. The van der Waals surface area contributed by atoms with Gasteiger partial charge in [0.05, 0.1) is 10.6 Å². The van der Waals surface area contributed by atoms with Gasteiger partial charge in [-0.25, -0.2) is 12.8 Å². The number of sulfonamides is 1. The Morgan fingerprint density at radius 3 is 2.38 bits per heavy atom. The van der Waals surface area contributed by atoms with Gasteiger partial charge in [0.15, 0.2) is 0 Å². The number of nitrogens with zero attached hydrogens (tertiary/aromatic N) is 2. The second kappa shape index (κ2) is 7.33. The van der Waals surface area contributed by atoms with E-state index in [1.54, 1.807) is 55.6 Å². The molecule has 7 heteroatoms. The highest BCUT2D eigenvalue weighted by molar-refractivity contribution is 7.92. The minimum atomic E-state index is -3.65. The van der Waals surface area contributed by atoms with Gasteiger partial charge in [0, 0.05) is 24.8 Å². The molecule has 0 unspecified atom stereocenters. The lowest BCUT2D eigenvalue weighted by Crippen LogP contribution is -2.29. The van der Waals surface area contributed by atoms with Crippen LogP contribution in [0.3, 0.4) is 0 Å². The highest BCUT2D eigenvalue weighted by Gasteiger charge is 2.31. The molecule has 3 aromatic rings. The van der Waals surface area contributed by atoms with Crippen LogP contribution >= 0.6 is 0 Å². The molecule has 0 N–H and O–H groups in total. The molecule has 1 aliphatic heterocycles. The molecular formula is C22H19FN2O3S. The van der Waals surface area contributed by atoms with Crippen LogP contribution in [0.4, 0.5) is 15.8 Å². The molecule has 0 spiro atoms. The fourth-order valence-corrected chi connectivity index (χ4v) is 4.97. The van der Waals surface area contributed by atoms with Crippen LogP contribution in [0.5, 0.6) is 0 Å². The molecule has 0 atom stereocenters. The van der Waals surface area contributed by atoms with Gasteiger partial charge in [-0.1, -0.05) is 18.2 Å². The molecule has 0 aromatic heterocycles. The highest BCUT2D eigenvalue weighted by Crippen LogP contribution is 2.34. The maximum absolute atomic E-state index is 13.1. The van der Waals surface area contributed by atoms with E-state index in [0.717, 1.165) is 5.56 Å². The number of hydrogen-bond donors (Lipinski definition) is 0. The van der Waals surface area contributed by atoms with E-state index in [2.05, 4.69) is 0 Å². The van der Waals surface area contributed by atoms with E-state index in [-0.39, 0.29) is 16.6 Å². The van der Waals surface area contributed by atoms with Crippen molar-refractivity contribution in [1.29, 1.82) is 0 Å². The first-order valence-electron chi connectivity index (χ1n) is 9.12. The Balaban J connectivity index is 1.62. The van der Waals surface area contributed by atoms with Gasteiger partial charge < -0.3 is 4.90 Å². The van der Waals surface area contributed by atoms with Crippen molar-refractivity contribution in [1.82, 2.24) is 0 Å². The first-order valence-corrected chi connectivity index (χ1v) is 10.6. The van der Waals surface area contributed by atoms with Gasteiger partial charge in [0.1, 0.15) is 5.82 Å². The standard InChI is InChI=1S/C22H19FN2O3S/c1-24(19-10-8-18(23)9-11-19)22(26)17-7-12-21-16(15-17)13-14-25(21)29(27,28)20-5-3-2-4-6-20/h2-12,15H,13-14H2,1H3. The molecule has 29 heavy (non-hydrogen) atoms. The Hall–Kier alpha value is -3.19. The van der Waals surface area contributed by atoms with Crippen LogP contribution in [0.15, 0.2) is 77.7 Å². The largest absolute Gasteiger partial charge is 0.311 e. The third-order valence-electron chi connectivity index (χ3n) is 5.03. The Labute approximate surface area is 169 Å². The van der Waals surface area contributed by atoms with Crippen molar-refractivity contribution < 1.29 is 17.6 Å². The quantitative estimate of drug-likeness (QED) is 0.656. The van der Waals surface area contributed by atoms with Crippen molar-refractivity contribution in [2.45, 2.75) is 11.3 Å². The maximum atomic E-state index is 13.1. The summed E-state index contributed by atoms with van der Waals surface area (Å²) < 4.78 is 40.4. The van der Waals surface area contributed by atoms with Crippen molar-refractivity contribution in [3.05, 3.63) is 89.7 Å². The Bertz CT molecular complexity index is 1160. The van der Waals surface area contributed by atoms with Crippen molar-refractivity contribution >= 4 is 27.3 Å². The van der Waals surface area contributed by atoms with Gasteiger partial charge in [-0.05, 0) is 66.6 Å². The predicted molar refractivity (Wildman–Crippen MR) is 110 cm³/mol. The molecule has 3 aromatic carbocycles. The van der Waals surface area contributed by atoms with Gasteiger partial charge in [0.25, 0.3) is 15.9 Å². The fraction of sp³-hybridized carbons (Fsp3) is 0.136. The molecule has 0 aliphatic carbocycles. The van der Waals surface area contributed by atoms with E-state index in [1.807, 2.05) is 0 Å². The minimum absolute atomic E-state index is 0.240. The van der Waals surface area contributed by atoms with Crippen molar-refractivity contribution in [3.8, 4) is 0 Å². The topological polar surface area (TPSA) is 57.7 Å². The van der Waals surface area contributed by atoms with E-state index in [0.29, 0.717) is 29.9 Å². The van der Waals surface area contributed by atoms with Gasteiger partial charge >= 0.3 is 0 Å². The molecule has 1 heterocycles. The molecule has 0 saturated carbocycles. The number of anilines is 2. The van der Waals surface area contributed by atoms with Crippen molar-refractivity contribution in [2.75, 3.05) is 22.8 Å². The SMILES string of the molecule is CN(C(=O)c1ccc2c(c1)CCN2S(=O)(=O)c1ccccc1)c1ccc(F)cc1. The molecule has 5 nitrogen and oxygen atoms in total. The van der Waals surface area contributed by atoms with Crippen LogP contribution in [0, 0.1) is 5.82 Å². The number of carbonyl (C=O) groups excluding carboxylic acids is 1. The Morgan fingerprint density at radius 1 is 1.00 bits per heavy atom. The van der Waals surface area contributed by atoms with Gasteiger partial charge in [0.2, 0.25) is 0 Å². The molecule has 0 radical (unpaired) electrons. The van der Waals surface area contributed by atoms with Crippen molar-refractivity contribution in [3.63, 3.8) is 0 Å². The van der Waals surface area contributed by atoms with Gasteiger partial charge in [-0.3, -0.25) is 9.10 Å². The number of halogens is 1. The summed E-state index contributed by atoms with van der Waals surface area (Å²) >= 11 is 0. The average molecular weight is 410 g/mol. The number of amides is 1. The number of benzene rings is 3. The lowest BCUT2D eigenvalue weighted by atomic mass is 10.1. The summed E-state index contributed by atoms with van der Waals surface area (Å²) in [4.78, 5) is 14.5. The fourth-order valence-electron chi connectivity index (χ4n) is 3.45. The summed E-state index contributed by atoms with van der Waals surface area (Å²) in [5, 5.41) is 0. The summed E-state index contributed by atoms with van der Waals surface area (Å²) in [6.07, 6.45) is 0.531. The van der Waals surface area contributed by atoms with Gasteiger partial charge in [-0.2, -0.15) is 0 Å². The first kappa shape index (κ1) is 19.1. The Kier molecular flexibility index (Phi) is 4.84. The van der Waals surface area contributed by atoms with Crippen LogP contribution in [0.1, 0.15) is 15.9 Å². The summed E-state index contributed by atoms with van der Waals surface area (Å²) in [6, 6.07) is 19.0. The normalized spacial score (nSPS) is 13.2. The van der Waals surface area contributed by atoms with Crippen LogP contribution in [0.2, 0.25) is 0 Å². The molecule has 1 amide bonds. The van der Waals surface area contributed by atoms with Gasteiger partial charge in [-0.15, -0.1) is 0 Å². The molecule has 1 aliphatic rings. The summed E-state index contributed by atoms with van der Waals surface area (Å²) in [6.45, 7) is 0.331. The van der Waals surface area contributed by atoms with Crippen molar-refractivity contribution in [2.24, 2.45) is 0 Å². The monoisotopic (exact) mass is 410 g/mol. The van der Waals surface area contributed by atoms with Crippen LogP contribution < -0.4 is 9.21 Å². The molecule has 148 valence electrons. The van der Waals surface area contributed by atoms with E-state index >= 15 is 0 Å². The average Bonchev–Trinajstić information content (AvgIpc) is 3.18. The number of hydrogen-bond acceptors (Lipinski definition) is 3. The number of carbonyl (C=O) groups is 1. The number of rotatable bonds is 4. The second-order valence-electron chi connectivity index (χ2n) is 6.82. The van der Waals surface area contributed by atoms with Crippen LogP contribution in [-0.2, 0) is 16.4 Å². The van der Waals surface area contributed by atoms with E-state index in [9.17, 15) is 17.6 Å². The minimum Gasteiger partial charge on any atom is -0.311 e. The summed E-state index contributed by atoms with van der Waals surface area (Å²) in [5.41, 5.74) is 2.43. The van der Waals surface area contributed by atoms with E-state index < -0.39 is 10.0 Å².